The Kier molecular flexibility index (Phi) is 6.35. The molecule has 1 unspecified atom stereocenters. The lowest BCUT2D eigenvalue weighted by Crippen LogP contribution is -2.23. The van der Waals surface area contributed by atoms with Gasteiger partial charge in [-0.2, -0.15) is 0 Å². The molecule has 1 rings (SSSR count). The molecule has 0 fully saturated rings. The first-order chi connectivity index (χ1) is 8.33. The summed E-state index contributed by atoms with van der Waals surface area (Å²) in [4.78, 5) is 4.19. The fourth-order valence-electron chi connectivity index (χ4n) is 1.99. The lowest BCUT2D eigenvalue weighted by molar-refractivity contribution is 0.502. The van der Waals surface area contributed by atoms with E-state index in [2.05, 4.69) is 36.1 Å². The van der Waals surface area contributed by atoms with Crippen LogP contribution in [0.4, 0.5) is 0 Å². The molecule has 0 aromatic carbocycles. The van der Waals surface area contributed by atoms with Crippen LogP contribution in [0.3, 0.4) is 0 Å². The van der Waals surface area contributed by atoms with Crippen LogP contribution >= 0.6 is 0 Å². The van der Waals surface area contributed by atoms with Crippen molar-refractivity contribution in [3.8, 4) is 12.3 Å². The number of hydrogen-bond acceptors (Lipinski definition) is 2. The molecule has 0 aliphatic heterocycles. The highest BCUT2D eigenvalue weighted by Gasteiger charge is 2.13. The highest BCUT2D eigenvalue weighted by atomic mass is 14.9. The summed E-state index contributed by atoms with van der Waals surface area (Å²) >= 11 is 0. The van der Waals surface area contributed by atoms with Crippen LogP contribution in [0, 0.1) is 12.3 Å². The number of nitrogens with zero attached hydrogens (tertiary/aromatic N) is 1. The molecule has 0 aliphatic rings. The molecule has 17 heavy (non-hydrogen) atoms. The van der Waals surface area contributed by atoms with Gasteiger partial charge in [0.2, 0.25) is 0 Å². The van der Waals surface area contributed by atoms with Crippen LogP contribution < -0.4 is 5.32 Å². The van der Waals surface area contributed by atoms with Crippen molar-refractivity contribution in [3.63, 3.8) is 0 Å². The number of terminal acetylenes is 1. The van der Waals surface area contributed by atoms with Gasteiger partial charge in [0.25, 0.3) is 0 Å². The highest BCUT2D eigenvalue weighted by Crippen LogP contribution is 2.22. The number of rotatable bonds is 7. The molecule has 0 aliphatic carbocycles. The van der Waals surface area contributed by atoms with Gasteiger partial charge in [-0.3, -0.25) is 4.98 Å². The Labute approximate surface area is 105 Å². The van der Waals surface area contributed by atoms with E-state index in [-0.39, 0.29) is 0 Å². The molecular weight excluding hydrogens is 208 g/mol. The molecule has 1 N–H and O–H groups in total. The summed E-state index contributed by atoms with van der Waals surface area (Å²) in [6.07, 6.45) is 13.2. The smallest absolute Gasteiger partial charge is 0.0333 e. The van der Waals surface area contributed by atoms with Crippen molar-refractivity contribution < 1.29 is 0 Å². The van der Waals surface area contributed by atoms with E-state index in [1.54, 1.807) is 0 Å². The third kappa shape index (κ3) is 4.20. The monoisotopic (exact) mass is 230 g/mol. The molecule has 0 radical (unpaired) electrons. The van der Waals surface area contributed by atoms with Crippen LogP contribution in [0.5, 0.6) is 0 Å². The molecule has 1 atom stereocenters. The van der Waals surface area contributed by atoms with E-state index in [0.29, 0.717) is 6.04 Å². The first-order valence-corrected chi connectivity index (χ1v) is 6.43. The summed E-state index contributed by atoms with van der Waals surface area (Å²) in [6.45, 7) is 5.37. The van der Waals surface area contributed by atoms with E-state index in [1.165, 1.54) is 11.1 Å². The standard InChI is InChI=1S/C15H22N2/c1-4-7-8-15(17-10-5-2)14-9-11-16-12-13(14)6-3/h1,9,11-12,15,17H,5-8,10H2,2-3H3. The zero-order valence-electron chi connectivity index (χ0n) is 10.9. The van der Waals surface area contributed by atoms with Gasteiger partial charge in [0.05, 0.1) is 0 Å². The molecule has 0 saturated carbocycles. The first-order valence-electron chi connectivity index (χ1n) is 6.43. The van der Waals surface area contributed by atoms with Gasteiger partial charge in [0.1, 0.15) is 0 Å². The molecule has 2 nitrogen and oxygen atoms in total. The molecule has 0 bridgehead atoms. The maximum Gasteiger partial charge on any atom is 0.0333 e. The summed E-state index contributed by atoms with van der Waals surface area (Å²) in [7, 11) is 0. The summed E-state index contributed by atoms with van der Waals surface area (Å²) in [5, 5.41) is 3.57. The Morgan fingerprint density at radius 3 is 2.94 bits per heavy atom. The second-order valence-electron chi connectivity index (χ2n) is 4.18. The Morgan fingerprint density at radius 1 is 1.47 bits per heavy atom. The maximum absolute atomic E-state index is 5.36. The molecule has 1 heterocycles. The summed E-state index contributed by atoms with van der Waals surface area (Å²) < 4.78 is 0. The van der Waals surface area contributed by atoms with Crippen LogP contribution in [-0.2, 0) is 6.42 Å². The third-order valence-corrected chi connectivity index (χ3v) is 2.92. The molecule has 92 valence electrons. The van der Waals surface area contributed by atoms with Crippen molar-refractivity contribution in [2.45, 2.75) is 45.6 Å². The van der Waals surface area contributed by atoms with E-state index in [0.717, 1.165) is 32.2 Å². The fourth-order valence-corrected chi connectivity index (χ4v) is 1.99. The molecular formula is C15H22N2. The van der Waals surface area contributed by atoms with E-state index >= 15 is 0 Å². The van der Waals surface area contributed by atoms with Crippen LogP contribution in [0.15, 0.2) is 18.5 Å². The molecule has 2 heteroatoms. The van der Waals surface area contributed by atoms with Crippen molar-refractivity contribution in [1.82, 2.24) is 10.3 Å². The molecule has 0 amide bonds. The minimum Gasteiger partial charge on any atom is -0.310 e. The van der Waals surface area contributed by atoms with Crippen LogP contribution in [0.1, 0.15) is 50.3 Å². The third-order valence-electron chi connectivity index (χ3n) is 2.92. The molecule has 1 aromatic rings. The van der Waals surface area contributed by atoms with Crippen LogP contribution in [0.25, 0.3) is 0 Å². The van der Waals surface area contributed by atoms with E-state index in [9.17, 15) is 0 Å². The first kappa shape index (κ1) is 13.7. The second-order valence-corrected chi connectivity index (χ2v) is 4.18. The Morgan fingerprint density at radius 2 is 2.29 bits per heavy atom. The van der Waals surface area contributed by atoms with Gasteiger partial charge < -0.3 is 5.32 Å². The van der Waals surface area contributed by atoms with Crippen molar-refractivity contribution in [3.05, 3.63) is 29.6 Å². The predicted octanol–water partition coefficient (Wildman–Crippen LogP) is 3.10. The Balaban J connectivity index is 2.83. The molecule has 1 aromatic heterocycles. The Hall–Kier alpha value is -1.33. The summed E-state index contributed by atoms with van der Waals surface area (Å²) in [6, 6.07) is 2.48. The van der Waals surface area contributed by atoms with Gasteiger partial charge in [-0.15, -0.1) is 12.3 Å². The van der Waals surface area contributed by atoms with Gasteiger partial charge in [-0.1, -0.05) is 13.8 Å². The minimum absolute atomic E-state index is 0.365. The lowest BCUT2D eigenvalue weighted by atomic mass is 9.97. The fraction of sp³-hybridized carbons (Fsp3) is 0.533. The number of aryl methyl sites for hydroxylation is 1. The zero-order valence-corrected chi connectivity index (χ0v) is 10.9. The van der Waals surface area contributed by atoms with Gasteiger partial charge in [-0.05, 0) is 43.0 Å². The number of nitrogens with one attached hydrogen (secondary N) is 1. The topological polar surface area (TPSA) is 24.9 Å². The number of hydrogen-bond donors (Lipinski definition) is 1. The van der Waals surface area contributed by atoms with Crippen molar-refractivity contribution in [1.29, 1.82) is 0 Å². The quantitative estimate of drug-likeness (QED) is 0.728. The number of aromatic nitrogens is 1. The average Bonchev–Trinajstić information content (AvgIpc) is 2.39. The van der Waals surface area contributed by atoms with Crippen LogP contribution in [-0.4, -0.2) is 11.5 Å². The normalized spacial score (nSPS) is 12.1. The SMILES string of the molecule is C#CCCC(NCCC)c1ccncc1CC. The Bertz CT molecular complexity index is 365. The van der Waals surface area contributed by atoms with Gasteiger partial charge in [0.15, 0.2) is 0 Å². The van der Waals surface area contributed by atoms with Gasteiger partial charge in [-0.25, -0.2) is 0 Å². The molecule has 0 saturated heterocycles. The van der Waals surface area contributed by atoms with E-state index < -0.39 is 0 Å². The minimum atomic E-state index is 0.365. The van der Waals surface area contributed by atoms with Gasteiger partial charge in [0, 0.05) is 24.9 Å². The van der Waals surface area contributed by atoms with Crippen molar-refractivity contribution in [2.75, 3.05) is 6.54 Å². The predicted molar refractivity (Wildman–Crippen MR) is 72.7 cm³/mol. The average molecular weight is 230 g/mol. The van der Waals surface area contributed by atoms with E-state index in [4.69, 9.17) is 6.42 Å². The van der Waals surface area contributed by atoms with Crippen LogP contribution in [0.2, 0.25) is 0 Å². The van der Waals surface area contributed by atoms with Gasteiger partial charge >= 0.3 is 0 Å². The highest BCUT2D eigenvalue weighted by molar-refractivity contribution is 5.27. The lowest BCUT2D eigenvalue weighted by Gasteiger charge is -2.20. The molecule has 0 spiro atoms. The van der Waals surface area contributed by atoms with E-state index in [1.807, 2.05) is 12.4 Å². The summed E-state index contributed by atoms with van der Waals surface area (Å²) in [5.41, 5.74) is 2.67. The number of pyridine rings is 1. The second kappa shape index (κ2) is 7.86. The maximum atomic E-state index is 5.36. The zero-order chi connectivity index (χ0) is 12.5. The van der Waals surface area contributed by atoms with Crippen molar-refractivity contribution in [2.24, 2.45) is 0 Å². The van der Waals surface area contributed by atoms with Crippen molar-refractivity contribution >= 4 is 0 Å². The summed E-state index contributed by atoms with van der Waals surface area (Å²) in [5.74, 6) is 2.73. The largest absolute Gasteiger partial charge is 0.310 e.